The minimum atomic E-state index is 0.695. The monoisotopic (exact) mass is 371 g/mol. The van der Waals surface area contributed by atoms with Gasteiger partial charge in [-0.1, -0.05) is 12.1 Å². The molecule has 28 heavy (non-hydrogen) atoms. The van der Waals surface area contributed by atoms with Crippen LogP contribution in [-0.4, -0.2) is 40.9 Å². The molecule has 0 N–H and O–H groups in total. The van der Waals surface area contributed by atoms with Crippen molar-refractivity contribution in [3.8, 4) is 11.4 Å². The van der Waals surface area contributed by atoms with Gasteiger partial charge in [-0.05, 0) is 19.1 Å². The molecule has 0 saturated carbocycles. The SMILES string of the molecule is CCn1c(CN2CCc3nc(-c4cncnc4)ncc3C2)nc2ccccc21. The van der Waals surface area contributed by atoms with Crippen LogP contribution < -0.4 is 0 Å². The van der Waals surface area contributed by atoms with E-state index in [0.717, 1.165) is 55.2 Å². The fraction of sp³-hybridized carbons (Fsp3) is 0.286. The number of imidazole rings is 1. The van der Waals surface area contributed by atoms with E-state index < -0.39 is 0 Å². The van der Waals surface area contributed by atoms with Gasteiger partial charge in [0.15, 0.2) is 5.82 Å². The van der Waals surface area contributed by atoms with Gasteiger partial charge in [0.05, 0.1) is 28.8 Å². The highest BCUT2D eigenvalue weighted by molar-refractivity contribution is 5.75. The largest absolute Gasteiger partial charge is 0.327 e. The second-order valence-electron chi connectivity index (χ2n) is 7.01. The van der Waals surface area contributed by atoms with Crippen molar-refractivity contribution in [2.24, 2.45) is 0 Å². The number of hydrogen-bond acceptors (Lipinski definition) is 6. The number of benzene rings is 1. The van der Waals surface area contributed by atoms with Crippen molar-refractivity contribution in [2.45, 2.75) is 33.0 Å². The number of hydrogen-bond donors (Lipinski definition) is 0. The third-order valence-electron chi connectivity index (χ3n) is 5.25. The molecule has 0 spiro atoms. The van der Waals surface area contributed by atoms with E-state index in [4.69, 9.17) is 9.97 Å². The Balaban J connectivity index is 1.38. The first-order valence-corrected chi connectivity index (χ1v) is 9.58. The fourth-order valence-corrected chi connectivity index (χ4v) is 3.86. The van der Waals surface area contributed by atoms with Gasteiger partial charge < -0.3 is 4.57 Å². The molecule has 3 aromatic heterocycles. The number of fused-ring (bicyclic) bond motifs is 2. The van der Waals surface area contributed by atoms with E-state index in [9.17, 15) is 0 Å². The van der Waals surface area contributed by atoms with E-state index in [1.807, 2.05) is 12.3 Å². The summed E-state index contributed by atoms with van der Waals surface area (Å²) in [5, 5.41) is 0. The van der Waals surface area contributed by atoms with Crippen molar-refractivity contribution in [1.29, 1.82) is 0 Å². The molecule has 0 radical (unpaired) electrons. The van der Waals surface area contributed by atoms with E-state index >= 15 is 0 Å². The van der Waals surface area contributed by atoms with Crippen molar-refractivity contribution < 1.29 is 0 Å². The minimum Gasteiger partial charge on any atom is -0.327 e. The van der Waals surface area contributed by atoms with Crippen molar-refractivity contribution in [3.63, 3.8) is 0 Å². The summed E-state index contributed by atoms with van der Waals surface area (Å²) in [5.41, 5.74) is 5.43. The fourth-order valence-electron chi connectivity index (χ4n) is 3.86. The van der Waals surface area contributed by atoms with Gasteiger partial charge in [0.25, 0.3) is 0 Å². The molecule has 0 aliphatic carbocycles. The maximum absolute atomic E-state index is 4.86. The molecule has 0 saturated heterocycles. The summed E-state index contributed by atoms with van der Waals surface area (Å²) in [6, 6.07) is 8.34. The van der Waals surface area contributed by atoms with Crippen LogP contribution in [0.25, 0.3) is 22.4 Å². The standard InChI is InChI=1S/C21H21N7/c1-2-28-19-6-4-3-5-18(19)25-20(28)13-27-8-7-17-16(12-27)11-24-21(26-17)15-9-22-14-23-10-15/h3-6,9-11,14H,2,7-8,12-13H2,1H3. The first-order chi connectivity index (χ1) is 13.8. The second-order valence-corrected chi connectivity index (χ2v) is 7.01. The van der Waals surface area contributed by atoms with Crippen LogP contribution in [0.2, 0.25) is 0 Å². The van der Waals surface area contributed by atoms with Crippen molar-refractivity contribution in [1.82, 2.24) is 34.4 Å². The Morgan fingerprint density at radius 2 is 1.89 bits per heavy atom. The van der Waals surface area contributed by atoms with E-state index in [1.165, 1.54) is 17.4 Å². The van der Waals surface area contributed by atoms with Gasteiger partial charge in [-0.25, -0.2) is 24.9 Å². The van der Waals surface area contributed by atoms with Crippen LogP contribution >= 0.6 is 0 Å². The minimum absolute atomic E-state index is 0.695. The summed E-state index contributed by atoms with van der Waals surface area (Å²) in [4.78, 5) is 24.7. The van der Waals surface area contributed by atoms with Crippen LogP contribution in [0.5, 0.6) is 0 Å². The molecule has 0 fully saturated rings. The first kappa shape index (κ1) is 16.9. The summed E-state index contributed by atoms with van der Waals surface area (Å²) in [6.07, 6.45) is 7.87. The van der Waals surface area contributed by atoms with Crippen LogP contribution in [-0.2, 0) is 26.1 Å². The van der Waals surface area contributed by atoms with E-state index in [-0.39, 0.29) is 0 Å². The van der Waals surface area contributed by atoms with Crippen LogP contribution in [0.15, 0.2) is 49.2 Å². The quantitative estimate of drug-likeness (QED) is 0.549. The number of rotatable bonds is 4. The lowest BCUT2D eigenvalue weighted by molar-refractivity contribution is 0.234. The van der Waals surface area contributed by atoms with E-state index in [0.29, 0.717) is 5.82 Å². The summed E-state index contributed by atoms with van der Waals surface area (Å²) in [6.45, 7) is 5.73. The summed E-state index contributed by atoms with van der Waals surface area (Å²) < 4.78 is 2.31. The number of aromatic nitrogens is 6. The van der Waals surface area contributed by atoms with Crippen molar-refractivity contribution in [3.05, 3.63) is 66.3 Å². The number of para-hydroxylation sites is 2. The van der Waals surface area contributed by atoms with Crippen molar-refractivity contribution >= 4 is 11.0 Å². The molecule has 5 rings (SSSR count). The summed E-state index contributed by atoms with van der Waals surface area (Å²) >= 11 is 0. The maximum Gasteiger partial charge on any atom is 0.162 e. The van der Waals surface area contributed by atoms with Crippen LogP contribution in [0.3, 0.4) is 0 Å². The topological polar surface area (TPSA) is 72.6 Å². The molecule has 0 bridgehead atoms. The zero-order valence-corrected chi connectivity index (χ0v) is 15.8. The van der Waals surface area contributed by atoms with Gasteiger partial charge in [0, 0.05) is 50.2 Å². The lowest BCUT2D eigenvalue weighted by Crippen LogP contribution is -2.32. The zero-order chi connectivity index (χ0) is 18.9. The molecule has 7 heteroatoms. The number of nitrogens with zero attached hydrogens (tertiary/aromatic N) is 7. The molecular weight excluding hydrogens is 350 g/mol. The average Bonchev–Trinajstić information content (AvgIpc) is 3.11. The molecule has 0 amide bonds. The highest BCUT2D eigenvalue weighted by atomic mass is 15.2. The van der Waals surface area contributed by atoms with Gasteiger partial charge in [-0.2, -0.15) is 0 Å². The van der Waals surface area contributed by atoms with Gasteiger partial charge >= 0.3 is 0 Å². The third-order valence-corrected chi connectivity index (χ3v) is 5.25. The first-order valence-electron chi connectivity index (χ1n) is 9.58. The molecular formula is C21H21N7. The van der Waals surface area contributed by atoms with Crippen LogP contribution in [0.1, 0.15) is 24.0 Å². The zero-order valence-electron chi connectivity index (χ0n) is 15.8. The molecule has 4 aromatic rings. The van der Waals surface area contributed by atoms with Gasteiger partial charge in [0.2, 0.25) is 0 Å². The smallest absolute Gasteiger partial charge is 0.162 e. The predicted molar refractivity (Wildman–Crippen MR) is 106 cm³/mol. The molecule has 0 unspecified atom stereocenters. The Hall–Kier alpha value is -3.19. The number of aryl methyl sites for hydroxylation is 1. The Labute approximate surface area is 163 Å². The second kappa shape index (κ2) is 7.09. The molecule has 0 atom stereocenters. The summed E-state index contributed by atoms with van der Waals surface area (Å²) in [5.74, 6) is 1.81. The Bertz CT molecular complexity index is 1120. The molecule has 7 nitrogen and oxygen atoms in total. The Morgan fingerprint density at radius 1 is 1.04 bits per heavy atom. The highest BCUT2D eigenvalue weighted by Gasteiger charge is 2.21. The highest BCUT2D eigenvalue weighted by Crippen LogP contribution is 2.23. The van der Waals surface area contributed by atoms with Gasteiger partial charge in [-0.3, -0.25) is 4.90 Å². The molecule has 4 heterocycles. The van der Waals surface area contributed by atoms with Gasteiger partial charge in [-0.15, -0.1) is 0 Å². The molecule has 140 valence electrons. The lowest BCUT2D eigenvalue weighted by atomic mass is 10.1. The van der Waals surface area contributed by atoms with E-state index in [1.54, 1.807) is 12.4 Å². The average molecular weight is 371 g/mol. The molecule has 1 aromatic carbocycles. The van der Waals surface area contributed by atoms with Crippen LogP contribution in [0, 0.1) is 0 Å². The Kier molecular flexibility index (Phi) is 4.29. The predicted octanol–water partition coefficient (Wildman–Crippen LogP) is 2.86. The summed E-state index contributed by atoms with van der Waals surface area (Å²) in [7, 11) is 0. The maximum atomic E-state index is 4.86. The molecule has 1 aliphatic heterocycles. The Morgan fingerprint density at radius 3 is 2.75 bits per heavy atom. The third kappa shape index (κ3) is 3.03. The van der Waals surface area contributed by atoms with E-state index in [2.05, 4.69) is 49.5 Å². The van der Waals surface area contributed by atoms with Crippen LogP contribution in [0.4, 0.5) is 0 Å². The van der Waals surface area contributed by atoms with Gasteiger partial charge in [0.1, 0.15) is 12.2 Å². The van der Waals surface area contributed by atoms with Crippen molar-refractivity contribution in [2.75, 3.05) is 6.54 Å². The normalized spacial score (nSPS) is 14.3. The molecule has 1 aliphatic rings. The lowest BCUT2D eigenvalue weighted by Gasteiger charge is -2.27.